The van der Waals surface area contributed by atoms with E-state index in [4.69, 9.17) is 15.5 Å². The first-order valence-corrected chi connectivity index (χ1v) is 9.80. The molecule has 3 amide bonds. The number of rotatable bonds is 5. The Morgan fingerprint density at radius 2 is 1.72 bits per heavy atom. The van der Waals surface area contributed by atoms with Crippen LogP contribution in [-0.2, 0) is 9.53 Å². The summed E-state index contributed by atoms with van der Waals surface area (Å²) in [5.41, 5.74) is 9.33. The summed E-state index contributed by atoms with van der Waals surface area (Å²) < 4.78 is 4.73. The zero-order chi connectivity index (χ0) is 22.7. The summed E-state index contributed by atoms with van der Waals surface area (Å²) in [6.07, 6.45) is 0. The Balaban J connectivity index is 1.77. The third-order valence-electron chi connectivity index (χ3n) is 5.03. The van der Waals surface area contributed by atoms with E-state index >= 15 is 0 Å². The van der Waals surface area contributed by atoms with Crippen LogP contribution in [0.25, 0.3) is 0 Å². The zero-order valence-electron chi connectivity index (χ0n) is 17.2. The normalized spacial score (nSPS) is 15.0. The standard InChI is InChI=1S/C24H20N4O4/c1-32-23(30)15-7-9-16(10-8-15)26-21(14-5-3-2-4-6-14)20-18-12-11-17(27-24(25)31)13-19(18)28-22(20)29/h2-13,20H,1H3,(H,28,29)(H3,25,27,31). The number of carbonyl (C=O) groups excluding carboxylic acids is 3. The lowest BCUT2D eigenvalue weighted by Gasteiger charge is -2.14. The number of methoxy groups -OCH3 is 1. The van der Waals surface area contributed by atoms with Crippen molar-refractivity contribution in [2.45, 2.75) is 5.92 Å². The van der Waals surface area contributed by atoms with Crippen molar-refractivity contribution in [1.29, 1.82) is 0 Å². The third-order valence-corrected chi connectivity index (χ3v) is 5.03. The first-order valence-electron chi connectivity index (χ1n) is 9.80. The van der Waals surface area contributed by atoms with Gasteiger partial charge in [-0.1, -0.05) is 36.4 Å². The largest absolute Gasteiger partial charge is 0.465 e. The van der Waals surface area contributed by atoms with Crippen LogP contribution in [0.4, 0.5) is 21.9 Å². The number of benzene rings is 3. The minimum Gasteiger partial charge on any atom is -0.465 e. The Bertz CT molecular complexity index is 1220. The van der Waals surface area contributed by atoms with Gasteiger partial charge >= 0.3 is 12.0 Å². The van der Waals surface area contributed by atoms with Crippen molar-refractivity contribution >= 4 is 40.7 Å². The summed E-state index contributed by atoms with van der Waals surface area (Å²) in [4.78, 5) is 40.6. The van der Waals surface area contributed by atoms with Crippen LogP contribution in [0.15, 0.2) is 77.8 Å². The highest BCUT2D eigenvalue weighted by atomic mass is 16.5. The molecular weight excluding hydrogens is 408 g/mol. The second-order valence-corrected chi connectivity index (χ2v) is 7.12. The molecule has 1 aliphatic heterocycles. The van der Waals surface area contributed by atoms with E-state index in [-0.39, 0.29) is 5.91 Å². The summed E-state index contributed by atoms with van der Waals surface area (Å²) in [5, 5.41) is 5.36. The van der Waals surface area contributed by atoms with E-state index < -0.39 is 17.9 Å². The van der Waals surface area contributed by atoms with Crippen molar-refractivity contribution < 1.29 is 19.1 Å². The van der Waals surface area contributed by atoms with Gasteiger partial charge in [-0.05, 0) is 47.5 Å². The number of nitrogens with two attached hydrogens (primary N) is 1. The van der Waals surface area contributed by atoms with Gasteiger partial charge in [0.05, 0.1) is 24.1 Å². The zero-order valence-corrected chi connectivity index (χ0v) is 17.2. The van der Waals surface area contributed by atoms with Gasteiger partial charge in [0.25, 0.3) is 0 Å². The van der Waals surface area contributed by atoms with Crippen molar-refractivity contribution in [1.82, 2.24) is 0 Å². The van der Waals surface area contributed by atoms with Crippen molar-refractivity contribution in [3.63, 3.8) is 0 Å². The van der Waals surface area contributed by atoms with Gasteiger partial charge in [-0.3, -0.25) is 9.79 Å². The Morgan fingerprint density at radius 3 is 2.38 bits per heavy atom. The van der Waals surface area contributed by atoms with E-state index in [0.717, 1.165) is 11.1 Å². The minimum absolute atomic E-state index is 0.231. The molecule has 0 aromatic heterocycles. The number of urea groups is 1. The van der Waals surface area contributed by atoms with Gasteiger partial charge in [-0.2, -0.15) is 0 Å². The van der Waals surface area contributed by atoms with Crippen molar-refractivity contribution in [2.75, 3.05) is 17.7 Å². The van der Waals surface area contributed by atoms with E-state index in [1.165, 1.54) is 7.11 Å². The molecule has 8 heteroatoms. The molecule has 0 fully saturated rings. The maximum atomic E-state index is 13.0. The lowest BCUT2D eigenvalue weighted by atomic mass is 9.90. The molecule has 3 aromatic carbocycles. The van der Waals surface area contributed by atoms with Gasteiger partial charge in [0.15, 0.2) is 0 Å². The van der Waals surface area contributed by atoms with Crippen LogP contribution >= 0.6 is 0 Å². The molecule has 1 aliphatic rings. The quantitative estimate of drug-likeness (QED) is 0.422. The molecule has 1 atom stereocenters. The molecule has 3 aromatic rings. The first-order chi connectivity index (χ1) is 15.5. The fourth-order valence-electron chi connectivity index (χ4n) is 3.59. The molecule has 32 heavy (non-hydrogen) atoms. The van der Waals surface area contributed by atoms with Gasteiger partial charge in [-0.15, -0.1) is 0 Å². The lowest BCUT2D eigenvalue weighted by Crippen LogP contribution is -2.22. The maximum absolute atomic E-state index is 13.0. The topological polar surface area (TPSA) is 123 Å². The Hall–Kier alpha value is -4.46. The van der Waals surface area contributed by atoms with Crippen LogP contribution in [0.2, 0.25) is 0 Å². The number of fused-ring (bicyclic) bond motifs is 1. The van der Waals surface area contributed by atoms with Crippen LogP contribution in [-0.4, -0.2) is 30.7 Å². The van der Waals surface area contributed by atoms with Crippen molar-refractivity contribution in [3.05, 3.63) is 89.5 Å². The predicted octanol–water partition coefficient (Wildman–Crippen LogP) is 3.82. The van der Waals surface area contributed by atoms with E-state index in [1.54, 1.807) is 42.5 Å². The minimum atomic E-state index is -0.687. The lowest BCUT2D eigenvalue weighted by molar-refractivity contribution is -0.115. The summed E-state index contributed by atoms with van der Waals surface area (Å²) in [6.45, 7) is 0. The highest BCUT2D eigenvalue weighted by molar-refractivity contribution is 6.24. The second-order valence-electron chi connectivity index (χ2n) is 7.12. The number of nitrogens with zero attached hydrogens (tertiary/aromatic N) is 1. The van der Waals surface area contributed by atoms with Gasteiger partial charge in [0.2, 0.25) is 5.91 Å². The number of hydrogen-bond acceptors (Lipinski definition) is 5. The number of nitrogens with one attached hydrogen (secondary N) is 2. The Kier molecular flexibility index (Phi) is 5.67. The van der Waals surface area contributed by atoms with Gasteiger partial charge < -0.3 is 21.1 Å². The molecule has 0 saturated carbocycles. The fourth-order valence-corrected chi connectivity index (χ4v) is 3.59. The van der Waals surface area contributed by atoms with Gasteiger partial charge in [-0.25, -0.2) is 9.59 Å². The van der Waals surface area contributed by atoms with E-state index in [9.17, 15) is 14.4 Å². The fraction of sp³-hybridized carbons (Fsp3) is 0.0833. The molecule has 8 nitrogen and oxygen atoms in total. The molecule has 1 heterocycles. The van der Waals surface area contributed by atoms with Crippen LogP contribution in [0.3, 0.4) is 0 Å². The molecule has 160 valence electrons. The summed E-state index contributed by atoms with van der Waals surface area (Å²) in [7, 11) is 1.32. The second kappa shape index (κ2) is 8.73. The number of aliphatic imine (C=N–C) groups is 1. The molecule has 0 spiro atoms. The SMILES string of the molecule is COC(=O)c1ccc(N=C(c2ccccc2)C2C(=O)Nc3cc(NC(N)=O)ccc32)cc1. The number of hydrogen-bond donors (Lipinski definition) is 3. The molecule has 0 saturated heterocycles. The van der Waals surface area contributed by atoms with Gasteiger partial charge in [0, 0.05) is 11.4 Å². The summed E-state index contributed by atoms with van der Waals surface area (Å²) in [6, 6.07) is 20.5. The van der Waals surface area contributed by atoms with Crippen LogP contribution in [0, 0.1) is 0 Å². The number of esters is 1. The predicted molar refractivity (Wildman–Crippen MR) is 121 cm³/mol. The highest BCUT2D eigenvalue weighted by Crippen LogP contribution is 2.37. The molecule has 4 N–H and O–H groups in total. The Morgan fingerprint density at radius 1 is 1.00 bits per heavy atom. The van der Waals surface area contributed by atoms with Crippen LogP contribution in [0.1, 0.15) is 27.4 Å². The first kappa shape index (κ1) is 20.8. The summed E-state index contributed by atoms with van der Waals surface area (Å²) in [5.74, 6) is -1.33. The number of anilines is 2. The molecule has 4 rings (SSSR count). The summed E-state index contributed by atoms with van der Waals surface area (Å²) >= 11 is 0. The maximum Gasteiger partial charge on any atom is 0.337 e. The molecule has 0 bridgehead atoms. The molecular formula is C24H20N4O4. The smallest absolute Gasteiger partial charge is 0.337 e. The van der Waals surface area contributed by atoms with E-state index in [1.807, 2.05) is 30.3 Å². The van der Waals surface area contributed by atoms with Crippen molar-refractivity contribution in [3.8, 4) is 0 Å². The number of primary amides is 1. The molecule has 0 radical (unpaired) electrons. The molecule has 1 unspecified atom stereocenters. The number of ether oxygens (including phenoxy) is 1. The van der Waals surface area contributed by atoms with Crippen molar-refractivity contribution in [2.24, 2.45) is 10.7 Å². The Labute approximate surface area is 184 Å². The average molecular weight is 428 g/mol. The van der Waals surface area contributed by atoms with E-state index in [0.29, 0.717) is 28.3 Å². The molecule has 0 aliphatic carbocycles. The van der Waals surface area contributed by atoms with Crippen LogP contribution in [0.5, 0.6) is 0 Å². The average Bonchev–Trinajstić information content (AvgIpc) is 3.12. The number of carbonyl (C=O) groups is 3. The van der Waals surface area contributed by atoms with Gasteiger partial charge in [0.1, 0.15) is 5.92 Å². The van der Waals surface area contributed by atoms with Crippen LogP contribution < -0.4 is 16.4 Å². The highest BCUT2D eigenvalue weighted by Gasteiger charge is 2.35. The number of amides is 3. The third kappa shape index (κ3) is 4.20. The monoisotopic (exact) mass is 428 g/mol. The van der Waals surface area contributed by atoms with E-state index in [2.05, 4.69) is 10.6 Å².